The highest BCUT2D eigenvalue weighted by molar-refractivity contribution is 5.06. The van der Waals surface area contributed by atoms with Gasteiger partial charge in [0.2, 0.25) is 0 Å². The van der Waals surface area contributed by atoms with Gasteiger partial charge in [0, 0.05) is 19.7 Å². The Bertz CT molecular complexity index is 502. The van der Waals surface area contributed by atoms with E-state index in [0.29, 0.717) is 5.60 Å². The first kappa shape index (κ1) is 15.9. The minimum Gasteiger partial charge on any atom is -0.378 e. The summed E-state index contributed by atoms with van der Waals surface area (Å²) in [4.78, 5) is 2.99. The maximum absolute atomic E-state index is 6.07. The number of fused-ring (bicyclic) bond motifs is 1. The average molecular weight is 344 g/mol. The van der Waals surface area contributed by atoms with Gasteiger partial charge < -0.3 is 9.64 Å². The minimum atomic E-state index is 0.299. The van der Waals surface area contributed by atoms with E-state index in [1.54, 1.807) is 32.1 Å². The van der Waals surface area contributed by atoms with Gasteiger partial charge in [0.1, 0.15) is 0 Å². The molecule has 0 aromatic carbocycles. The Morgan fingerprint density at radius 1 is 0.800 bits per heavy atom. The molecule has 0 radical (unpaired) electrons. The average Bonchev–Trinajstić information content (AvgIpc) is 2.77. The van der Waals surface area contributed by atoms with Crippen molar-refractivity contribution in [1.29, 1.82) is 0 Å². The summed E-state index contributed by atoms with van der Waals surface area (Å²) >= 11 is 0. The van der Waals surface area contributed by atoms with Crippen LogP contribution in [0.4, 0.5) is 0 Å². The van der Waals surface area contributed by atoms with Crippen molar-refractivity contribution in [3.63, 3.8) is 0 Å². The summed E-state index contributed by atoms with van der Waals surface area (Å²) < 4.78 is 6.07. The van der Waals surface area contributed by atoms with E-state index in [0.717, 1.165) is 47.5 Å². The molecule has 8 rings (SSSR count). The smallest absolute Gasteiger partial charge is 0.0687 e. The largest absolute Gasteiger partial charge is 0.378 e. The highest BCUT2D eigenvalue weighted by Gasteiger charge is 2.55. The summed E-state index contributed by atoms with van der Waals surface area (Å²) in [6.07, 6.45) is 16.5. The maximum atomic E-state index is 6.07. The molecule has 0 aromatic rings. The topological polar surface area (TPSA) is 12.5 Å². The zero-order chi connectivity index (χ0) is 16.6. The first-order valence-electron chi connectivity index (χ1n) is 11.5. The van der Waals surface area contributed by atoms with Crippen LogP contribution < -0.4 is 0 Å². The van der Waals surface area contributed by atoms with Crippen molar-refractivity contribution >= 4 is 0 Å². The second-order valence-electron chi connectivity index (χ2n) is 11.2. The van der Waals surface area contributed by atoms with Crippen molar-refractivity contribution in [3.05, 3.63) is 0 Å². The van der Waals surface area contributed by atoms with E-state index in [-0.39, 0.29) is 0 Å². The summed E-state index contributed by atoms with van der Waals surface area (Å²) in [6.45, 7) is 2.87. The van der Waals surface area contributed by atoms with Crippen molar-refractivity contribution in [2.45, 2.75) is 82.3 Å². The van der Waals surface area contributed by atoms with E-state index in [9.17, 15) is 0 Å². The van der Waals surface area contributed by atoms with Crippen LogP contribution >= 0.6 is 0 Å². The van der Waals surface area contributed by atoms with Gasteiger partial charge in [-0.15, -0.1) is 0 Å². The predicted octanol–water partition coefficient (Wildman–Crippen LogP) is 4.73. The Labute approximate surface area is 154 Å². The van der Waals surface area contributed by atoms with Gasteiger partial charge in [0.25, 0.3) is 0 Å². The Kier molecular flexibility index (Phi) is 3.64. The van der Waals surface area contributed by atoms with Gasteiger partial charge >= 0.3 is 0 Å². The fraction of sp³-hybridized carbons (Fsp3) is 1.00. The molecule has 8 aliphatic rings. The molecule has 2 heterocycles. The normalized spacial score (nSPS) is 56.5. The zero-order valence-corrected chi connectivity index (χ0v) is 16.2. The van der Waals surface area contributed by atoms with Gasteiger partial charge in [0.05, 0.1) is 5.60 Å². The third-order valence-corrected chi connectivity index (χ3v) is 9.81. The minimum absolute atomic E-state index is 0.299. The van der Waals surface area contributed by atoms with Gasteiger partial charge in [-0.3, -0.25) is 0 Å². The van der Waals surface area contributed by atoms with Crippen LogP contribution in [-0.4, -0.2) is 36.7 Å². The molecule has 0 spiro atoms. The molecule has 0 amide bonds. The third-order valence-electron chi connectivity index (χ3n) is 9.81. The molecule has 8 fully saturated rings. The molecule has 0 aromatic heterocycles. The number of nitrogens with zero attached hydrogens (tertiary/aromatic N) is 1. The van der Waals surface area contributed by atoms with Gasteiger partial charge in [-0.05, 0) is 119 Å². The summed E-state index contributed by atoms with van der Waals surface area (Å²) in [5.41, 5.74) is 0.299. The lowest BCUT2D eigenvalue weighted by Crippen LogP contribution is -2.56. The summed E-state index contributed by atoms with van der Waals surface area (Å²) in [6, 6.07) is 0.957. The standard InChI is InChI=1S/C23H37NO/c1-25-23-11-17-7-19(12-23)22(20(8-17)13-23)2-3-24-14-18-5-15-4-16(6-18)10-21(24)9-15/h15-22H,2-14H2,1H3. The van der Waals surface area contributed by atoms with E-state index in [2.05, 4.69) is 4.90 Å². The first-order chi connectivity index (χ1) is 12.2. The third kappa shape index (κ3) is 2.57. The highest BCUT2D eigenvalue weighted by atomic mass is 16.5. The molecular weight excluding hydrogens is 306 g/mol. The maximum Gasteiger partial charge on any atom is 0.0687 e. The zero-order valence-electron chi connectivity index (χ0n) is 16.2. The second-order valence-corrected chi connectivity index (χ2v) is 11.2. The molecule has 6 saturated carbocycles. The van der Waals surface area contributed by atoms with Crippen LogP contribution in [0.15, 0.2) is 0 Å². The van der Waals surface area contributed by atoms with Crippen LogP contribution in [-0.2, 0) is 4.74 Å². The van der Waals surface area contributed by atoms with Crippen LogP contribution in [0.25, 0.3) is 0 Å². The van der Waals surface area contributed by atoms with Crippen LogP contribution in [0.3, 0.4) is 0 Å². The Hall–Kier alpha value is -0.0800. The SMILES string of the molecule is COC12CC3CC(C1)C(CCN1CC4CC5CC(C4)CC1C5)C(C3)C2. The van der Waals surface area contributed by atoms with Crippen LogP contribution in [0.1, 0.15) is 70.6 Å². The molecule has 140 valence electrons. The lowest BCUT2D eigenvalue weighted by atomic mass is 9.49. The molecule has 4 unspecified atom stereocenters. The molecule has 4 atom stereocenters. The van der Waals surface area contributed by atoms with Crippen molar-refractivity contribution in [1.82, 2.24) is 4.90 Å². The Morgan fingerprint density at radius 3 is 2.16 bits per heavy atom. The summed E-state index contributed by atoms with van der Waals surface area (Å²) in [5.74, 6) is 7.24. The monoisotopic (exact) mass is 343 g/mol. The molecule has 2 aliphatic heterocycles. The van der Waals surface area contributed by atoms with Gasteiger partial charge in [-0.2, -0.15) is 0 Å². The molecule has 0 N–H and O–H groups in total. The molecular formula is C23H37NO. The molecule has 2 saturated heterocycles. The summed E-state index contributed by atoms with van der Waals surface area (Å²) in [7, 11) is 1.99. The van der Waals surface area contributed by atoms with Crippen molar-refractivity contribution < 1.29 is 4.74 Å². The van der Waals surface area contributed by atoms with Crippen molar-refractivity contribution in [3.8, 4) is 0 Å². The van der Waals surface area contributed by atoms with Gasteiger partial charge in [0.15, 0.2) is 0 Å². The molecule has 6 aliphatic carbocycles. The van der Waals surface area contributed by atoms with E-state index in [4.69, 9.17) is 4.74 Å². The van der Waals surface area contributed by atoms with E-state index < -0.39 is 0 Å². The van der Waals surface area contributed by atoms with Crippen LogP contribution in [0, 0.1) is 41.4 Å². The quantitative estimate of drug-likeness (QED) is 0.732. The van der Waals surface area contributed by atoms with E-state index in [1.807, 2.05) is 7.11 Å². The first-order valence-corrected chi connectivity index (χ1v) is 11.5. The Balaban J connectivity index is 1.14. The summed E-state index contributed by atoms with van der Waals surface area (Å²) in [5, 5.41) is 0. The number of hydrogen-bond acceptors (Lipinski definition) is 2. The number of ether oxygens (including phenoxy) is 1. The van der Waals surface area contributed by atoms with E-state index in [1.165, 1.54) is 51.6 Å². The molecule has 2 nitrogen and oxygen atoms in total. The van der Waals surface area contributed by atoms with Gasteiger partial charge in [-0.25, -0.2) is 0 Å². The second kappa shape index (κ2) is 5.71. The van der Waals surface area contributed by atoms with E-state index >= 15 is 0 Å². The van der Waals surface area contributed by atoms with Crippen molar-refractivity contribution in [2.75, 3.05) is 20.2 Å². The lowest BCUT2D eigenvalue weighted by Gasteiger charge is -2.59. The number of hydrogen-bond donors (Lipinski definition) is 0. The molecule has 2 heteroatoms. The van der Waals surface area contributed by atoms with Crippen molar-refractivity contribution in [2.24, 2.45) is 41.4 Å². The lowest BCUT2D eigenvalue weighted by molar-refractivity contribution is -0.170. The van der Waals surface area contributed by atoms with Crippen LogP contribution in [0.5, 0.6) is 0 Å². The number of methoxy groups -OCH3 is 1. The molecule has 8 bridgehead atoms. The number of rotatable bonds is 4. The Morgan fingerprint density at radius 2 is 1.48 bits per heavy atom. The molecule has 25 heavy (non-hydrogen) atoms. The fourth-order valence-electron chi connectivity index (χ4n) is 9.25. The van der Waals surface area contributed by atoms with Gasteiger partial charge in [-0.1, -0.05) is 0 Å². The predicted molar refractivity (Wildman–Crippen MR) is 100 cm³/mol. The highest BCUT2D eigenvalue weighted by Crippen LogP contribution is 2.60. The van der Waals surface area contributed by atoms with Crippen LogP contribution in [0.2, 0.25) is 0 Å². The fourth-order valence-corrected chi connectivity index (χ4v) is 9.25.